The van der Waals surface area contributed by atoms with Crippen LogP contribution < -0.4 is 5.73 Å². The van der Waals surface area contributed by atoms with Crippen LogP contribution in [-0.2, 0) is 5.54 Å². The van der Waals surface area contributed by atoms with Gasteiger partial charge in [0.25, 0.3) is 0 Å². The number of halogens is 1. The summed E-state index contributed by atoms with van der Waals surface area (Å²) in [5.74, 6) is 0. The average Bonchev–Trinajstić information content (AvgIpc) is 2.60. The number of aryl methyl sites for hydroxylation is 2. The van der Waals surface area contributed by atoms with Crippen molar-refractivity contribution in [1.82, 2.24) is 0 Å². The van der Waals surface area contributed by atoms with Crippen molar-refractivity contribution in [2.75, 3.05) is 0 Å². The molecule has 0 aromatic heterocycles. The Kier molecular flexibility index (Phi) is 2.91. The third kappa shape index (κ3) is 1.98. The summed E-state index contributed by atoms with van der Waals surface area (Å²) in [4.78, 5) is 0. The quantitative estimate of drug-likeness (QED) is 0.823. The highest BCUT2D eigenvalue weighted by molar-refractivity contribution is 9.10. The zero-order valence-corrected chi connectivity index (χ0v) is 11.0. The van der Waals surface area contributed by atoms with Gasteiger partial charge in [0.2, 0.25) is 0 Å². The third-order valence-corrected chi connectivity index (χ3v) is 4.39. The molecule has 15 heavy (non-hydrogen) atoms. The SMILES string of the molecule is Cc1cc(C2(N)CCCC2)c(C)cc1Br. The molecular weight excluding hydrogens is 250 g/mol. The van der Waals surface area contributed by atoms with Crippen LogP contribution in [0.25, 0.3) is 0 Å². The molecule has 0 unspecified atom stereocenters. The van der Waals surface area contributed by atoms with Crippen LogP contribution in [0.4, 0.5) is 0 Å². The molecule has 0 atom stereocenters. The molecule has 2 rings (SSSR count). The molecule has 1 aliphatic carbocycles. The molecule has 1 aliphatic rings. The number of benzene rings is 1. The monoisotopic (exact) mass is 267 g/mol. The van der Waals surface area contributed by atoms with Crippen molar-refractivity contribution in [2.24, 2.45) is 5.73 Å². The topological polar surface area (TPSA) is 26.0 Å². The van der Waals surface area contributed by atoms with E-state index in [1.807, 2.05) is 0 Å². The fourth-order valence-corrected chi connectivity index (χ4v) is 3.05. The molecule has 0 amide bonds. The maximum absolute atomic E-state index is 6.48. The van der Waals surface area contributed by atoms with Crippen LogP contribution in [-0.4, -0.2) is 0 Å². The molecule has 1 aromatic carbocycles. The van der Waals surface area contributed by atoms with Crippen molar-refractivity contribution in [3.8, 4) is 0 Å². The van der Waals surface area contributed by atoms with Crippen LogP contribution >= 0.6 is 15.9 Å². The van der Waals surface area contributed by atoms with Crippen molar-refractivity contribution in [2.45, 2.75) is 45.1 Å². The molecule has 82 valence electrons. The maximum atomic E-state index is 6.48. The van der Waals surface area contributed by atoms with Crippen LogP contribution in [0.3, 0.4) is 0 Å². The van der Waals surface area contributed by atoms with Gasteiger partial charge < -0.3 is 5.73 Å². The molecule has 1 aromatic rings. The van der Waals surface area contributed by atoms with Crippen LogP contribution in [0.5, 0.6) is 0 Å². The van der Waals surface area contributed by atoms with E-state index in [2.05, 4.69) is 41.9 Å². The zero-order valence-electron chi connectivity index (χ0n) is 9.44. The van der Waals surface area contributed by atoms with Gasteiger partial charge in [-0.25, -0.2) is 0 Å². The van der Waals surface area contributed by atoms with Crippen LogP contribution in [0.15, 0.2) is 16.6 Å². The van der Waals surface area contributed by atoms with Crippen molar-refractivity contribution in [3.63, 3.8) is 0 Å². The number of nitrogens with two attached hydrogens (primary N) is 1. The first-order valence-corrected chi connectivity index (χ1v) is 6.38. The van der Waals surface area contributed by atoms with Crippen LogP contribution in [0, 0.1) is 13.8 Å². The lowest BCUT2D eigenvalue weighted by Crippen LogP contribution is -2.34. The largest absolute Gasteiger partial charge is 0.321 e. The first kappa shape index (κ1) is 11.2. The summed E-state index contributed by atoms with van der Waals surface area (Å²) in [6.45, 7) is 4.29. The summed E-state index contributed by atoms with van der Waals surface area (Å²) in [5, 5.41) is 0. The van der Waals surface area contributed by atoms with E-state index in [0.29, 0.717) is 0 Å². The zero-order chi connectivity index (χ0) is 11.1. The molecule has 0 spiro atoms. The number of hydrogen-bond acceptors (Lipinski definition) is 1. The molecule has 0 radical (unpaired) electrons. The van der Waals surface area contributed by atoms with Crippen molar-refractivity contribution in [1.29, 1.82) is 0 Å². The molecule has 1 saturated carbocycles. The second-order valence-electron chi connectivity index (χ2n) is 4.78. The summed E-state index contributed by atoms with van der Waals surface area (Å²) in [5.41, 5.74) is 10.4. The minimum absolute atomic E-state index is 0.0600. The standard InChI is InChI=1S/C13H18BrN/c1-9-8-12(14)10(2)7-11(9)13(15)5-3-4-6-13/h7-8H,3-6,15H2,1-2H3. The lowest BCUT2D eigenvalue weighted by Gasteiger charge is -2.27. The predicted molar refractivity (Wildman–Crippen MR) is 67.9 cm³/mol. The van der Waals surface area contributed by atoms with Gasteiger partial charge in [0.1, 0.15) is 0 Å². The highest BCUT2D eigenvalue weighted by atomic mass is 79.9. The van der Waals surface area contributed by atoms with E-state index in [4.69, 9.17) is 5.73 Å². The smallest absolute Gasteiger partial charge is 0.0412 e. The lowest BCUT2D eigenvalue weighted by molar-refractivity contribution is 0.459. The fraction of sp³-hybridized carbons (Fsp3) is 0.538. The summed E-state index contributed by atoms with van der Waals surface area (Å²) in [6, 6.07) is 4.45. The van der Waals surface area contributed by atoms with Crippen molar-refractivity contribution >= 4 is 15.9 Å². The van der Waals surface area contributed by atoms with Crippen molar-refractivity contribution < 1.29 is 0 Å². The van der Waals surface area contributed by atoms with E-state index in [9.17, 15) is 0 Å². The highest BCUT2D eigenvalue weighted by Gasteiger charge is 2.32. The van der Waals surface area contributed by atoms with Gasteiger partial charge in [-0.05, 0) is 49.4 Å². The van der Waals surface area contributed by atoms with Gasteiger partial charge in [-0.3, -0.25) is 0 Å². The van der Waals surface area contributed by atoms with Gasteiger partial charge in [-0.2, -0.15) is 0 Å². The average molecular weight is 268 g/mol. The molecule has 2 heteroatoms. The minimum atomic E-state index is -0.0600. The van der Waals surface area contributed by atoms with E-state index in [-0.39, 0.29) is 5.54 Å². The lowest BCUT2D eigenvalue weighted by atomic mass is 9.85. The molecule has 1 nitrogen and oxygen atoms in total. The molecule has 0 aliphatic heterocycles. The Hall–Kier alpha value is -0.340. The molecule has 1 fully saturated rings. The second kappa shape index (κ2) is 3.91. The molecule has 0 bridgehead atoms. The second-order valence-corrected chi connectivity index (χ2v) is 5.63. The van der Waals surface area contributed by atoms with E-state index >= 15 is 0 Å². The van der Waals surface area contributed by atoms with Crippen LogP contribution in [0.2, 0.25) is 0 Å². The summed E-state index contributed by atoms with van der Waals surface area (Å²) in [7, 11) is 0. The normalized spacial score (nSPS) is 19.5. The Labute approximate surface area is 100 Å². The third-order valence-electron chi connectivity index (χ3n) is 3.54. The first-order valence-electron chi connectivity index (χ1n) is 5.59. The van der Waals surface area contributed by atoms with E-state index < -0.39 is 0 Å². The highest BCUT2D eigenvalue weighted by Crippen LogP contribution is 2.39. The number of hydrogen-bond donors (Lipinski definition) is 1. The summed E-state index contributed by atoms with van der Waals surface area (Å²) < 4.78 is 1.19. The van der Waals surface area contributed by atoms with Gasteiger partial charge in [0.05, 0.1) is 0 Å². The van der Waals surface area contributed by atoms with Gasteiger partial charge >= 0.3 is 0 Å². The summed E-state index contributed by atoms with van der Waals surface area (Å²) >= 11 is 3.57. The maximum Gasteiger partial charge on any atom is 0.0412 e. The Morgan fingerprint density at radius 1 is 1.13 bits per heavy atom. The van der Waals surface area contributed by atoms with E-state index in [1.54, 1.807) is 0 Å². The van der Waals surface area contributed by atoms with Gasteiger partial charge in [-0.15, -0.1) is 0 Å². The number of rotatable bonds is 1. The molecule has 2 N–H and O–H groups in total. The van der Waals surface area contributed by atoms with E-state index in [1.165, 1.54) is 34.0 Å². The fourth-order valence-electron chi connectivity index (χ4n) is 2.59. The first-order chi connectivity index (χ1) is 7.03. The Morgan fingerprint density at radius 2 is 1.73 bits per heavy atom. The summed E-state index contributed by atoms with van der Waals surface area (Å²) in [6.07, 6.45) is 4.81. The Balaban J connectivity index is 2.48. The molecule has 0 saturated heterocycles. The van der Waals surface area contributed by atoms with Crippen LogP contribution in [0.1, 0.15) is 42.4 Å². The van der Waals surface area contributed by atoms with E-state index in [0.717, 1.165) is 12.8 Å². The van der Waals surface area contributed by atoms with Gasteiger partial charge in [0, 0.05) is 10.0 Å². The Bertz CT molecular complexity index is 378. The minimum Gasteiger partial charge on any atom is -0.321 e. The Morgan fingerprint density at radius 3 is 2.33 bits per heavy atom. The van der Waals surface area contributed by atoms with Gasteiger partial charge in [-0.1, -0.05) is 34.8 Å². The molecular formula is C13H18BrN. The van der Waals surface area contributed by atoms with Crippen molar-refractivity contribution in [3.05, 3.63) is 33.3 Å². The predicted octanol–water partition coefficient (Wildman–Crippen LogP) is 3.79. The van der Waals surface area contributed by atoms with Gasteiger partial charge in [0.15, 0.2) is 0 Å². The molecule has 0 heterocycles.